The Labute approximate surface area is 90.2 Å². The van der Waals surface area contributed by atoms with Crippen LogP contribution in [-0.2, 0) is 13.5 Å². The second-order valence-corrected chi connectivity index (χ2v) is 5.03. The fourth-order valence-corrected chi connectivity index (χ4v) is 1.55. The van der Waals surface area contributed by atoms with Crippen LogP contribution in [0.3, 0.4) is 0 Å². The van der Waals surface area contributed by atoms with Crippen molar-refractivity contribution in [1.82, 2.24) is 25.6 Å². The lowest BCUT2D eigenvalue weighted by molar-refractivity contribution is 0.306. The molecule has 1 unspecified atom stereocenters. The maximum absolute atomic E-state index is 5.50. The number of nitrogens with one attached hydrogen (secondary N) is 1. The van der Waals surface area contributed by atoms with Gasteiger partial charge in [0, 0.05) is 12.5 Å². The molecule has 0 saturated carbocycles. The molecule has 0 aliphatic carbocycles. The lowest BCUT2D eigenvalue weighted by atomic mass is 9.87. The molecule has 0 aliphatic heterocycles. The zero-order chi connectivity index (χ0) is 11.5. The van der Waals surface area contributed by atoms with E-state index in [2.05, 4.69) is 41.6 Å². The minimum Gasteiger partial charge on any atom is -0.271 e. The van der Waals surface area contributed by atoms with Crippen molar-refractivity contribution < 1.29 is 0 Å². The monoisotopic (exact) mass is 212 g/mol. The Morgan fingerprint density at radius 3 is 2.53 bits per heavy atom. The SMILES string of the molecule is Cn1nnc(CC(CC(C)(C)C)NN)n1. The predicted octanol–water partition coefficient (Wildman–Crippen LogP) is 0.0207. The van der Waals surface area contributed by atoms with Crippen molar-refractivity contribution in [2.45, 2.75) is 39.7 Å². The van der Waals surface area contributed by atoms with E-state index in [9.17, 15) is 0 Å². The fraction of sp³-hybridized carbons (Fsp3) is 0.889. The summed E-state index contributed by atoms with van der Waals surface area (Å²) in [6.07, 6.45) is 1.68. The van der Waals surface area contributed by atoms with Gasteiger partial charge in [0.2, 0.25) is 0 Å². The van der Waals surface area contributed by atoms with E-state index in [1.807, 2.05) is 0 Å². The van der Waals surface area contributed by atoms with Gasteiger partial charge >= 0.3 is 0 Å². The van der Waals surface area contributed by atoms with Crippen molar-refractivity contribution in [2.75, 3.05) is 0 Å². The molecule has 0 bridgehead atoms. The molecule has 1 heterocycles. The highest BCUT2D eigenvalue weighted by Gasteiger charge is 2.19. The van der Waals surface area contributed by atoms with E-state index in [1.54, 1.807) is 7.05 Å². The van der Waals surface area contributed by atoms with Gasteiger partial charge < -0.3 is 0 Å². The van der Waals surface area contributed by atoms with Crippen molar-refractivity contribution >= 4 is 0 Å². The second kappa shape index (κ2) is 4.67. The van der Waals surface area contributed by atoms with E-state index in [-0.39, 0.29) is 11.5 Å². The molecule has 6 nitrogen and oxygen atoms in total. The smallest absolute Gasteiger partial charge is 0.176 e. The first-order valence-electron chi connectivity index (χ1n) is 5.10. The molecule has 0 spiro atoms. The van der Waals surface area contributed by atoms with Crippen molar-refractivity contribution in [1.29, 1.82) is 0 Å². The van der Waals surface area contributed by atoms with Crippen LogP contribution in [0.4, 0.5) is 0 Å². The average Bonchev–Trinajstić information content (AvgIpc) is 2.47. The van der Waals surface area contributed by atoms with Crippen molar-refractivity contribution in [2.24, 2.45) is 18.3 Å². The van der Waals surface area contributed by atoms with Gasteiger partial charge in [-0.05, 0) is 17.0 Å². The predicted molar refractivity (Wildman–Crippen MR) is 57.7 cm³/mol. The van der Waals surface area contributed by atoms with Crippen molar-refractivity contribution in [3.05, 3.63) is 5.82 Å². The van der Waals surface area contributed by atoms with Crippen molar-refractivity contribution in [3.8, 4) is 0 Å². The van der Waals surface area contributed by atoms with Gasteiger partial charge in [0.1, 0.15) is 0 Å². The van der Waals surface area contributed by atoms with Gasteiger partial charge in [0.25, 0.3) is 0 Å². The summed E-state index contributed by atoms with van der Waals surface area (Å²) < 4.78 is 0. The molecule has 1 rings (SSSR count). The van der Waals surface area contributed by atoms with Gasteiger partial charge in [-0.15, -0.1) is 10.2 Å². The highest BCUT2D eigenvalue weighted by molar-refractivity contribution is 4.85. The van der Waals surface area contributed by atoms with Crippen molar-refractivity contribution in [3.63, 3.8) is 0 Å². The normalized spacial score (nSPS) is 14.2. The molecular weight excluding hydrogens is 192 g/mol. The summed E-state index contributed by atoms with van der Waals surface area (Å²) in [5.74, 6) is 6.23. The topological polar surface area (TPSA) is 81.7 Å². The van der Waals surface area contributed by atoms with Crippen LogP contribution in [-0.4, -0.2) is 26.2 Å². The maximum atomic E-state index is 5.50. The molecule has 3 N–H and O–H groups in total. The number of hydrogen-bond acceptors (Lipinski definition) is 5. The Balaban J connectivity index is 2.54. The lowest BCUT2D eigenvalue weighted by Crippen LogP contribution is -2.39. The molecule has 0 aromatic carbocycles. The van der Waals surface area contributed by atoms with Crippen LogP contribution in [0.2, 0.25) is 0 Å². The van der Waals surface area contributed by atoms with E-state index >= 15 is 0 Å². The first-order chi connectivity index (χ1) is 6.90. The Hall–Kier alpha value is -1.01. The standard InChI is InChI=1S/C9H20N6/c1-9(2,3)6-7(11-10)5-8-12-14-15(4)13-8/h7,11H,5-6,10H2,1-4H3. The number of nitrogens with zero attached hydrogens (tertiary/aromatic N) is 4. The molecule has 86 valence electrons. The Bertz CT molecular complexity index is 300. The number of rotatable bonds is 4. The van der Waals surface area contributed by atoms with E-state index in [0.717, 1.165) is 12.2 Å². The van der Waals surface area contributed by atoms with Gasteiger partial charge in [0.05, 0.1) is 7.05 Å². The number of hydrogen-bond donors (Lipinski definition) is 2. The summed E-state index contributed by atoms with van der Waals surface area (Å²) in [6, 6.07) is 0.189. The average molecular weight is 212 g/mol. The quantitative estimate of drug-likeness (QED) is 0.543. The van der Waals surface area contributed by atoms with E-state index in [0.29, 0.717) is 6.42 Å². The molecule has 1 aromatic heterocycles. The third-order valence-electron chi connectivity index (χ3n) is 2.07. The van der Waals surface area contributed by atoms with Crippen LogP contribution in [0.15, 0.2) is 0 Å². The molecule has 0 amide bonds. The summed E-state index contributed by atoms with van der Waals surface area (Å²) in [5, 5.41) is 11.9. The Morgan fingerprint density at radius 2 is 2.13 bits per heavy atom. The minimum absolute atomic E-state index is 0.189. The van der Waals surface area contributed by atoms with Crippen LogP contribution < -0.4 is 11.3 Å². The largest absolute Gasteiger partial charge is 0.271 e. The van der Waals surface area contributed by atoms with Gasteiger partial charge in [0.15, 0.2) is 5.82 Å². The molecule has 1 aromatic rings. The second-order valence-electron chi connectivity index (χ2n) is 5.03. The molecule has 15 heavy (non-hydrogen) atoms. The van der Waals surface area contributed by atoms with Gasteiger partial charge in [-0.3, -0.25) is 11.3 Å². The maximum Gasteiger partial charge on any atom is 0.176 e. The molecule has 6 heteroatoms. The Morgan fingerprint density at radius 1 is 1.47 bits per heavy atom. The van der Waals surface area contributed by atoms with E-state index < -0.39 is 0 Å². The molecule has 0 saturated heterocycles. The van der Waals surface area contributed by atoms with Gasteiger partial charge in [-0.25, -0.2) is 0 Å². The summed E-state index contributed by atoms with van der Waals surface area (Å²) in [6.45, 7) is 6.55. The molecule has 0 fully saturated rings. The molecular formula is C9H20N6. The van der Waals surface area contributed by atoms with Crippen LogP contribution in [0.5, 0.6) is 0 Å². The van der Waals surface area contributed by atoms with Crippen LogP contribution >= 0.6 is 0 Å². The zero-order valence-corrected chi connectivity index (χ0v) is 9.86. The van der Waals surface area contributed by atoms with E-state index in [1.165, 1.54) is 4.80 Å². The van der Waals surface area contributed by atoms with Gasteiger partial charge in [-0.2, -0.15) is 4.80 Å². The van der Waals surface area contributed by atoms with Crippen LogP contribution in [0, 0.1) is 5.41 Å². The Kier molecular flexibility index (Phi) is 3.76. The molecule has 0 aliphatic rings. The number of tetrazole rings is 1. The van der Waals surface area contributed by atoms with Gasteiger partial charge in [-0.1, -0.05) is 20.8 Å². The fourth-order valence-electron chi connectivity index (χ4n) is 1.55. The number of aryl methyl sites for hydroxylation is 1. The minimum atomic E-state index is 0.189. The highest BCUT2D eigenvalue weighted by Crippen LogP contribution is 2.21. The van der Waals surface area contributed by atoms with Crippen LogP contribution in [0.25, 0.3) is 0 Å². The lowest BCUT2D eigenvalue weighted by Gasteiger charge is -2.24. The number of aromatic nitrogens is 4. The van der Waals surface area contributed by atoms with Crippen LogP contribution in [0.1, 0.15) is 33.0 Å². The number of hydrazine groups is 1. The van der Waals surface area contributed by atoms with E-state index in [4.69, 9.17) is 5.84 Å². The third kappa shape index (κ3) is 4.35. The number of nitrogens with two attached hydrogens (primary N) is 1. The molecule has 0 radical (unpaired) electrons. The summed E-state index contributed by atoms with van der Waals surface area (Å²) >= 11 is 0. The first-order valence-corrected chi connectivity index (χ1v) is 5.10. The zero-order valence-electron chi connectivity index (χ0n) is 9.86. The summed E-state index contributed by atoms with van der Waals surface area (Å²) in [4.78, 5) is 1.46. The first kappa shape index (κ1) is 12.1. The molecule has 1 atom stereocenters. The summed E-state index contributed by atoms with van der Waals surface area (Å²) in [5.41, 5.74) is 3.03. The summed E-state index contributed by atoms with van der Waals surface area (Å²) in [7, 11) is 1.76. The third-order valence-corrected chi connectivity index (χ3v) is 2.07. The highest BCUT2D eigenvalue weighted by atomic mass is 15.6.